The highest BCUT2D eigenvalue weighted by molar-refractivity contribution is 5.59. The quantitative estimate of drug-likeness (QED) is 0.861. The highest BCUT2D eigenvalue weighted by Crippen LogP contribution is 2.37. The van der Waals surface area contributed by atoms with E-state index in [-0.39, 0.29) is 0 Å². The molecule has 0 aliphatic heterocycles. The summed E-state index contributed by atoms with van der Waals surface area (Å²) in [5, 5.41) is 3.73. The van der Waals surface area contributed by atoms with Crippen LogP contribution in [0.25, 0.3) is 0 Å². The van der Waals surface area contributed by atoms with E-state index in [9.17, 15) is 0 Å². The van der Waals surface area contributed by atoms with Gasteiger partial charge in [-0.3, -0.25) is 0 Å². The predicted octanol–water partition coefficient (Wildman–Crippen LogP) is 4.58. The lowest BCUT2D eigenvalue weighted by Gasteiger charge is -2.38. The molecule has 0 spiro atoms. The molecule has 3 unspecified atom stereocenters. The average molecular weight is 291 g/mol. The van der Waals surface area contributed by atoms with Gasteiger partial charge in [-0.1, -0.05) is 27.2 Å². The van der Waals surface area contributed by atoms with Crippen LogP contribution in [0.2, 0.25) is 0 Å². The first-order valence-corrected chi connectivity index (χ1v) is 8.03. The average Bonchev–Trinajstić information content (AvgIpc) is 2.47. The van der Waals surface area contributed by atoms with E-state index in [2.05, 4.69) is 32.2 Å². The van der Waals surface area contributed by atoms with E-state index in [1.807, 2.05) is 12.1 Å². The van der Waals surface area contributed by atoms with Gasteiger partial charge in [0.25, 0.3) is 0 Å². The molecule has 3 nitrogen and oxygen atoms in total. The van der Waals surface area contributed by atoms with Crippen molar-refractivity contribution in [2.45, 2.75) is 46.1 Å². The number of nitrogens with one attached hydrogen (secondary N) is 1. The number of methoxy groups -OCH3 is 2. The molecular weight excluding hydrogens is 262 g/mol. The van der Waals surface area contributed by atoms with Crippen molar-refractivity contribution in [3.63, 3.8) is 0 Å². The third kappa shape index (κ3) is 3.84. The van der Waals surface area contributed by atoms with Gasteiger partial charge < -0.3 is 14.8 Å². The van der Waals surface area contributed by atoms with E-state index < -0.39 is 0 Å². The van der Waals surface area contributed by atoms with E-state index in [1.54, 1.807) is 14.2 Å². The van der Waals surface area contributed by atoms with Crippen LogP contribution in [-0.4, -0.2) is 20.3 Å². The molecule has 3 heteroatoms. The van der Waals surface area contributed by atoms with Crippen LogP contribution in [0.3, 0.4) is 0 Å². The maximum absolute atomic E-state index is 5.51. The van der Waals surface area contributed by atoms with Gasteiger partial charge in [0.15, 0.2) is 0 Å². The summed E-state index contributed by atoms with van der Waals surface area (Å²) in [7, 11) is 3.39. The van der Waals surface area contributed by atoms with E-state index in [1.165, 1.54) is 19.3 Å². The molecule has 21 heavy (non-hydrogen) atoms. The highest BCUT2D eigenvalue weighted by Gasteiger charge is 2.31. The van der Waals surface area contributed by atoms with Gasteiger partial charge in [-0.15, -0.1) is 0 Å². The summed E-state index contributed by atoms with van der Waals surface area (Å²) < 4.78 is 10.8. The molecule has 2 rings (SSSR count). The molecule has 1 saturated carbocycles. The van der Waals surface area contributed by atoms with E-state index in [4.69, 9.17) is 9.47 Å². The Balaban J connectivity index is 2.18. The van der Waals surface area contributed by atoms with Crippen molar-refractivity contribution in [1.29, 1.82) is 0 Å². The summed E-state index contributed by atoms with van der Waals surface area (Å²) in [5.41, 5.74) is 1.07. The summed E-state index contributed by atoms with van der Waals surface area (Å²) in [5.74, 6) is 3.92. The van der Waals surface area contributed by atoms with Gasteiger partial charge in [0.2, 0.25) is 0 Å². The molecule has 118 valence electrons. The zero-order chi connectivity index (χ0) is 15.4. The number of rotatable bonds is 5. The molecule has 3 atom stereocenters. The number of ether oxygens (including phenoxy) is 2. The maximum Gasteiger partial charge on any atom is 0.145 e. The SMILES string of the molecule is COc1ccc(NC2CC(C)CCC2C(C)C)c(OC)c1. The van der Waals surface area contributed by atoms with Crippen LogP contribution in [0.4, 0.5) is 5.69 Å². The van der Waals surface area contributed by atoms with E-state index in [0.717, 1.165) is 29.0 Å². The zero-order valence-electron chi connectivity index (χ0n) is 14.0. The molecule has 1 N–H and O–H groups in total. The Morgan fingerprint density at radius 2 is 1.90 bits per heavy atom. The summed E-state index contributed by atoms with van der Waals surface area (Å²) in [6, 6.07) is 6.52. The first-order valence-electron chi connectivity index (χ1n) is 8.03. The fourth-order valence-electron chi connectivity index (χ4n) is 3.49. The standard InChI is InChI=1S/C18H29NO2/c1-12(2)15-8-6-13(3)10-17(15)19-16-9-7-14(20-4)11-18(16)21-5/h7,9,11-13,15,17,19H,6,8,10H2,1-5H3. The summed E-state index contributed by atoms with van der Waals surface area (Å²) in [6.07, 6.45) is 3.90. The summed E-state index contributed by atoms with van der Waals surface area (Å²) in [6.45, 7) is 7.03. The van der Waals surface area contributed by atoms with Crippen molar-refractivity contribution in [3.05, 3.63) is 18.2 Å². The van der Waals surface area contributed by atoms with Gasteiger partial charge in [-0.2, -0.15) is 0 Å². The third-order valence-electron chi connectivity index (χ3n) is 4.77. The molecule has 0 bridgehead atoms. The lowest BCUT2D eigenvalue weighted by Crippen LogP contribution is -2.37. The fourth-order valence-corrected chi connectivity index (χ4v) is 3.49. The topological polar surface area (TPSA) is 30.5 Å². The second-order valence-electron chi connectivity index (χ2n) is 6.64. The van der Waals surface area contributed by atoms with Crippen LogP contribution in [-0.2, 0) is 0 Å². The molecule has 1 fully saturated rings. The molecule has 0 saturated heterocycles. The molecule has 1 aliphatic carbocycles. The molecule has 1 aliphatic rings. The van der Waals surface area contributed by atoms with Gasteiger partial charge >= 0.3 is 0 Å². The van der Waals surface area contributed by atoms with E-state index >= 15 is 0 Å². The third-order valence-corrected chi connectivity index (χ3v) is 4.77. The molecular formula is C18H29NO2. The van der Waals surface area contributed by atoms with Crippen molar-refractivity contribution in [3.8, 4) is 11.5 Å². The van der Waals surface area contributed by atoms with Gasteiger partial charge in [0.1, 0.15) is 11.5 Å². The van der Waals surface area contributed by atoms with Gasteiger partial charge in [0, 0.05) is 12.1 Å². The Morgan fingerprint density at radius 1 is 1.14 bits per heavy atom. The second-order valence-corrected chi connectivity index (χ2v) is 6.64. The zero-order valence-corrected chi connectivity index (χ0v) is 14.0. The Labute approximate surface area is 129 Å². The minimum atomic E-state index is 0.524. The summed E-state index contributed by atoms with van der Waals surface area (Å²) in [4.78, 5) is 0. The minimum Gasteiger partial charge on any atom is -0.497 e. The first-order chi connectivity index (χ1) is 10.0. The van der Waals surface area contributed by atoms with Crippen LogP contribution in [0.5, 0.6) is 11.5 Å². The smallest absolute Gasteiger partial charge is 0.145 e. The van der Waals surface area contributed by atoms with Crippen molar-refractivity contribution in [1.82, 2.24) is 0 Å². The lowest BCUT2D eigenvalue weighted by atomic mass is 9.74. The highest BCUT2D eigenvalue weighted by atomic mass is 16.5. The second kappa shape index (κ2) is 7.06. The summed E-state index contributed by atoms with van der Waals surface area (Å²) >= 11 is 0. The first kappa shape index (κ1) is 16.0. The maximum atomic E-state index is 5.51. The van der Waals surface area contributed by atoms with Crippen LogP contribution in [0, 0.1) is 17.8 Å². The number of hydrogen-bond acceptors (Lipinski definition) is 3. The molecule has 0 amide bonds. The van der Waals surface area contributed by atoms with E-state index in [0.29, 0.717) is 12.0 Å². The molecule has 0 heterocycles. The Morgan fingerprint density at radius 3 is 2.52 bits per heavy atom. The Kier molecular flexibility index (Phi) is 5.38. The normalized spacial score (nSPS) is 25.7. The van der Waals surface area contributed by atoms with Crippen LogP contribution < -0.4 is 14.8 Å². The van der Waals surface area contributed by atoms with Gasteiger partial charge in [-0.25, -0.2) is 0 Å². The number of hydrogen-bond donors (Lipinski definition) is 1. The monoisotopic (exact) mass is 291 g/mol. The Bertz CT molecular complexity index is 459. The minimum absolute atomic E-state index is 0.524. The molecule has 1 aromatic carbocycles. The predicted molar refractivity (Wildman–Crippen MR) is 88.3 cm³/mol. The van der Waals surface area contributed by atoms with Crippen molar-refractivity contribution < 1.29 is 9.47 Å². The molecule has 0 radical (unpaired) electrons. The lowest BCUT2D eigenvalue weighted by molar-refractivity contribution is 0.211. The number of benzene rings is 1. The molecule has 0 aromatic heterocycles. The fraction of sp³-hybridized carbons (Fsp3) is 0.667. The van der Waals surface area contributed by atoms with Crippen LogP contribution in [0.1, 0.15) is 40.0 Å². The van der Waals surface area contributed by atoms with Crippen molar-refractivity contribution in [2.75, 3.05) is 19.5 Å². The van der Waals surface area contributed by atoms with Crippen LogP contribution >= 0.6 is 0 Å². The van der Waals surface area contributed by atoms with Crippen LogP contribution in [0.15, 0.2) is 18.2 Å². The van der Waals surface area contributed by atoms with Crippen molar-refractivity contribution >= 4 is 5.69 Å². The number of anilines is 1. The van der Waals surface area contributed by atoms with Gasteiger partial charge in [-0.05, 0) is 42.7 Å². The van der Waals surface area contributed by atoms with Crippen molar-refractivity contribution in [2.24, 2.45) is 17.8 Å². The Hall–Kier alpha value is -1.38. The largest absolute Gasteiger partial charge is 0.497 e. The molecule has 1 aromatic rings. The van der Waals surface area contributed by atoms with Gasteiger partial charge in [0.05, 0.1) is 19.9 Å².